The monoisotopic (exact) mass is 549 g/mol. The van der Waals surface area contributed by atoms with Crippen LogP contribution >= 0.6 is 11.8 Å². The minimum atomic E-state index is -3.72. The minimum Gasteiger partial charge on any atom is -0.489 e. The van der Waals surface area contributed by atoms with Gasteiger partial charge in [-0.15, -0.1) is 11.8 Å². The van der Waals surface area contributed by atoms with Crippen molar-refractivity contribution in [3.8, 4) is 5.75 Å². The third-order valence-corrected chi connectivity index (χ3v) is 9.77. The number of benzene rings is 2. The normalized spacial score (nSPS) is 17.9. The summed E-state index contributed by atoms with van der Waals surface area (Å²) < 4.78 is 33.8. The summed E-state index contributed by atoms with van der Waals surface area (Å²) in [6, 6.07) is 13.2. The summed E-state index contributed by atoms with van der Waals surface area (Å²) in [6.07, 6.45) is 7.38. The van der Waals surface area contributed by atoms with Crippen molar-refractivity contribution < 1.29 is 28.2 Å². The maximum absolute atomic E-state index is 14.0. The van der Waals surface area contributed by atoms with E-state index in [0.29, 0.717) is 17.1 Å². The van der Waals surface area contributed by atoms with Gasteiger partial charge in [0.25, 0.3) is 0 Å². The first-order valence-electron chi connectivity index (χ1n) is 12.8. The Balaban J connectivity index is 2.20. The second-order valence-electron chi connectivity index (χ2n) is 10.2. The number of fused-ring (bicyclic) bond motifs is 1. The van der Waals surface area contributed by atoms with Crippen LogP contribution in [0.15, 0.2) is 52.3 Å². The Labute approximate surface area is 225 Å². The van der Waals surface area contributed by atoms with Gasteiger partial charge in [0.2, 0.25) is 0 Å². The molecule has 0 bridgehead atoms. The molecule has 204 valence electrons. The van der Waals surface area contributed by atoms with E-state index >= 15 is 0 Å². The smallest absolute Gasteiger partial charge is 0.339 e. The first-order chi connectivity index (χ1) is 17.5. The molecule has 0 saturated heterocycles. The molecule has 0 fully saturated rings. The van der Waals surface area contributed by atoms with Crippen molar-refractivity contribution in [2.45, 2.75) is 74.7 Å². The second-order valence-corrected chi connectivity index (χ2v) is 13.0. The van der Waals surface area contributed by atoms with Gasteiger partial charge in [0.15, 0.2) is 15.4 Å². The van der Waals surface area contributed by atoms with Crippen LogP contribution in [0.2, 0.25) is 0 Å². The van der Waals surface area contributed by atoms with E-state index < -0.39 is 33.4 Å². The molecule has 1 heterocycles. The maximum atomic E-state index is 14.0. The van der Waals surface area contributed by atoms with E-state index in [4.69, 9.17) is 4.74 Å². The highest BCUT2D eigenvalue weighted by Gasteiger charge is 2.42. The Hall–Kier alpha value is -2.23. The highest BCUT2D eigenvalue weighted by atomic mass is 32.2. The molecule has 0 saturated carbocycles. The predicted octanol–water partition coefficient (Wildman–Crippen LogP) is 5.92. The zero-order valence-corrected chi connectivity index (χ0v) is 23.8. The molecule has 3 rings (SSSR count). The van der Waals surface area contributed by atoms with Crippen molar-refractivity contribution in [1.82, 2.24) is 0 Å². The molecule has 9 heteroatoms. The molecule has 1 atom stereocenters. The number of aliphatic carboxylic acids is 1. The Kier molecular flexibility index (Phi) is 9.58. The van der Waals surface area contributed by atoms with Gasteiger partial charge in [-0.1, -0.05) is 57.7 Å². The van der Waals surface area contributed by atoms with Gasteiger partial charge in [-0.25, -0.2) is 13.2 Å². The van der Waals surface area contributed by atoms with Gasteiger partial charge in [0.05, 0.1) is 21.2 Å². The number of carboxylic acids is 1. The molecule has 2 aromatic rings. The van der Waals surface area contributed by atoms with E-state index in [9.17, 15) is 23.4 Å². The van der Waals surface area contributed by atoms with Crippen molar-refractivity contribution in [1.29, 1.82) is 0 Å². The van der Waals surface area contributed by atoms with Crippen LogP contribution in [-0.2, 0) is 14.6 Å². The summed E-state index contributed by atoms with van der Waals surface area (Å²) in [6.45, 7) is 5.49. The Morgan fingerprint density at radius 2 is 1.76 bits per heavy atom. The number of para-hydroxylation sites is 1. The number of thioether (sulfide) groups is 1. The highest BCUT2D eigenvalue weighted by molar-refractivity contribution is 7.98. The molecule has 0 unspecified atom stereocenters. The van der Waals surface area contributed by atoms with E-state index in [2.05, 4.69) is 18.7 Å². The van der Waals surface area contributed by atoms with Crippen LogP contribution in [0.4, 0.5) is 11.4 Å². The molecule has 7 nitrogen and oxygen atoms in total. The number of rotatable bonds is 12. The first kappa shape index (κ1) is 29.3. The molecule has 0 amide bonds. The van der Waals surface area contributed by atoms with Crippen molar-refractivity contribution in [2.75, 3.05) is 30.1 Å². The number of unbranched alkanes of at least 4 members (excludes halogenated alkanes) is 2. The molecule has 2 N–H and O–H groups in total. The summed E-state index contributed by atoms with van der Waals surface area (Å²) in [4.78, 5) is 14.4. The summed E-state index contributed by atoms with van der Waals surface area (Å²) in [5.74, 6) is -1.12. The average molecular weight is 550 g/mol. The number of ether oxygens (including phenoxy) is 1. The van der Waals surface area contributed by atoms with Crippen molar-refractivity contribution >= 4 is 38.9 Å². The van der Waals surface area contributed by atoms with Crippen molar-refractivity contribution in [3.05, 3.63) is 42.5 Å². The van der Waals surface area contributed by atoms with Gasteiger partial charge in [-0.05, 0) is 44.2 Å². The van der Waals surface area contributed by atoms with Gasteiger partial charge < -0.3 is 19.8 Å². The number of carbonyl (C=O) groups is 1. The number of aliphatic hydroxyl groups is 1. The van der Waals surface area contributed by atoms with E-state index in [1.807, 2.05) is 42.7 Å². The first-order valence-corrected chi connectivity index (χ1v) is 15.7. The topological polar surface area (TPSA) is 104 Å². The third kappa shape index (κ3) is 6.81. The van der Waals surface area contributed by atoms with Gasteiger partial charge in [0.1, 0.15) is 12.4 Å². The fraction of sp³-hybridized carbons (Fsp3) is 0.536. The Bertz CT molecular complexity index is 1170. The maximum Gasteiger partial charge on any atom is 0.339 e. The molecule has 0 spiro atoms. The van der Waals surface area contributed by atoms with Gasteiger partial charge >= 0.3 is 5.97 Å². The number of anilines is 2. The van der Waals surface area contributed by atoms with E-state index in [1.165, 1.54) is 17.8 Å². The standard InChI is InChI=1S/C28H39NO6S2/c1-5-7-14-28(15-8-6-2)18-29(21-12-10-9-11-13-21)22-16-24(36-4)23(17-25(22)37(33,34)20-28)35-19-27(3,32)26(30)31/h9-13,16-17,32H,5-8,14-15,18-20H2,1-4H3,(H,30,31)/t27-/m1/s1. The lowest BCUT2D eigenvalue weighted by Gasteiger charge is -2.37. The van der Waals surface area contributed by atoms with E-state index in [0.717, 1.165) is 51.1 Å². The fourth-order valence-corrected chi connectivity index (χ4v) is 7.52. The van der Waals surface area contributed by atoms with Crippen LogP contribution in [0.5, 0.6) is 5.75 Å². The zero-order chi connectivity index (χ0) is 27.3. The van der Waals surface area contributed by atoms with E-state index in [1.54, 1.807) is 0 Å². The minimum absolute atomic E-state index is 0.0429. The van der Waals surface area contributed by atoms with Gasteiger partial charge in [-0.2, -0.15) is 0 Å². The van der Waals surface area contributed by atoms with Crippen LogP contribution < -0.4 is 9.64 Å². The predicted molar refractivity (Wildman–Crippen MR) is 149 cm³/mol. The van der Waals surface area contributed by atoms with Crippen molar-refractivity contribution in [2.24, 2.45) is 5.41 Å². The second kappa shape index (κ2) is 12.1. The lowest BCUT2D eigenvalue weighted by Crippen LogP contribution is -2.41. The lowest BCUT2D eigenvalue weighted by molar-refractivity contribution is -0.159. The number of hydrogen-bond donors (Lipinski definition) is 2. The zero-order valence-electron chi connectivity index (χ0n) is 22.2. The van der Waals surface area contributed by atoms with Crippen LogP contribution in [0.1, 0.15) is 59.3 Å². The van der Waals surface area contributed by atoms with Gasteiger partial charge in [0, 0.05) is 23.7 Å². The molecule has 1 aliphatic rings. The van der Waals surface area contributed by atoms with Crippen LogP contribution in [0.25, 0.3) is 0 Å². The number of carboxylic acid groups (broad SMARTS) is 1. The van der Waals surface area contributed by atoms with Crippen LogP contribution in [-0.4, -0.2) is 55.4 Å². The molecule has 0 radical (unpaired) electrons. The SMILES string of the molecule is CCCCC1(CCCC)CN(c2ccccc2)c2cc(SC)c(OC[C@@](C)(O)C(=O)O)cc2S(=O)(=O)C1. The van der Waals surface area contributed by atoms with E-state index in [-0.39, 0.29) is 16.4 Å². The lowest BCUT2D eigenvalue weighted by atomic mass is 9.79. The molecule has 0 aromatic heterocycles. The Morgan fingerprint density at radius 1 is 1.14 bits per heavy atom. The highest BCUT2D eigenvalue weighted by Crippen LogP contribution is 2.47. The summed E-state index contributed by atoms with van der Waals surface area (Å²) in [7, 11) is -3.72. The summed E-state index contributed by atoms with van der Waals surface area (Å²) in [5.41, 5.74) is -0.990. The average Bonchev–Trinajstić information content (AvgIpc) is 2.97. The molecular formula is C28H39NO6S2. The summed E-state index contributed by atoms with van der Waals surface area (Å²) in [5, 5.41) is 19.4. The molecular weight excluding hydrogens is 510 g/mol. The fourth-order valence-electron chi connectivity index (χ4n) is 4.86. The number of sulfone groups is 1. The number of nitrogens with zero attached hydrogens (tertiary/aromatic N) is 1. The van der Waals surface area contributed by atoms with Gasteiger partial charge in [-0.3, -0.25) is 0 Å². The molecule has 0 aliphatic carbocycles. The molecule has 2 aromatic carbocycles. The van der Waals surface area contributed by atoms with Crippen LogP contribution in [0.3, 0.4) is 0 Å². The number of hydrogen-bond acceptors (Lipinski definition) is 7. The van der Waals surface area contributed by atoms with Crippen molar-refractivity contribution in [3.63, 3.8) is 0 Å². The molecule has 1 aliphatic heterocycles. The molecule has 37 heavy (non-hydrogen) atoms. The third-order valence-electron chi connectivity index (χ3n) is 7.02. The summed E-state index contributed by atoms with van der Waals surface area (Å²) >= 11 is 1.38. The quantitative estimate of drug-likeness (QED) is 0.315. The Morgan fingerprint density at radius 3 is 2.30 bits per heavy atom. The largest absolute Gasteiger partial charge is 0.489 e. The van der Waals surface area contributed by atoms with Crippen LogP contribution in [0, 0.1) is 5.41 Å².